The Balaban J connectivity index is 2.35. The monoisotopic (exact) mass is 272 g/mol. The van der Waals surface area contributed by atoms with Crippen LogP contribution in [0.5, 0.6) is 0 Å². The van der Waals surface area contributed by atoms with Crippen LogP contribution in [0.2, 0.25) is 0 Å². The molecule has 0 aromatic heterocycles. The largest absolute Gasteiger partial charge is 0.354 e. The van der Waals surface area contributed by atoms with Crippen LogP contribution in [-0.2, 0) is 9.59 Å². The van der Waals surface area contributed by atoms with Gasteiger partial charge < -0.3 is 10.6 Å². The van der Waals surface area contributed by atoms with Gasteiger partial charge in [0.05, 0.1) is 5.69 Å². The zero-order valence-corrected chi connectivity index (χ0v) is 10.6. The summed E-state index contributed by atoms with van der Waals surface area (Å²) in [7, 11) is 0. The maximum Gasteiger partial charge on any atom is 0.237 e. The molecule has 0 aliphatic rings. The fraction of sp³-hybridized carbons (Fsp3) is 0.333. The zero-order chi connectivity index (χ0) is 13.5. The molecule has 6 heteroatoms. The van der Waals surface area contributed by atoms with Crippen LogP contribution < -0.4 is 10.6 Å². The van der Waals surface area contributed by atoms with Gasteiger partial charge in [0.1, 0.15) is 11.2 Å². The molecule has 2 N–H and O–H groups in total. The molecule has 0 aliphatic heterocycles. The van der Waals surface area contributed by atoms with Crippen molar-refractivity contribution in [2.24, 2.45) is 0 Å². The van der Waals surface area contributed by atoms with Crippen molar-refractivity contribution in [1.29, 1.82) is 0 Å². The van der Waals surface area contributed by atoms with Crippen LogP contribution in [0.25, 0.3) is 0 Å². The third-order valence-corrected chi connectivity index (χ3v) is 2.36. The number of amides is 2. The first-order chi connectivity index (χ1) is 8.50. The van der Waals surface area contributed by atoms with E-state index in [-0.39, 0.29) is 30.5 Å². The molecule has 2 amide bonds. The molecular formula is C12H14ClFN2O2. The van der Waals surface area contributed by atoms with E-state index >= 15 is 0 Å². The van der Waals surface area contributed by atoms with Gasteiger partial charge in [0, 0.05) is 13.0 Å². The number of carbonyl (C=O) groups excluding carboxylic acids is 2. The highest BCUT2D eigenvalue weighted by molar-refractivity contribution is 6.30. The highest BCUT2D eigenvalue weighted by Crippen LogP contribution is 2.12. The first kappa shape index (κ1) is 14.4. The van der Waals surface area contributed by atoms with Gasteiger partial charge in [0.15, 0.2) is 0 Å². The average Bonchev–Trinajstić information content (AvgIpc) is 2.32. The van der Waals surface area contributed by atoms with E-state index in [4.69, 9.17) is 11.6 Å². The highest BCUT2D eigenvalue weighted by atomic mass is 35.5. The van der Waals surface area contributed by atoms with E-state index < -0.39 is 11.2 Å². The number of alkyl halides is 1. The SMILES string of the molecule is CC(Cl)C(=O)NCCC(=O)Nc1ccccc1F. The average molecular weight is 273 g/mol. The number of para-hydroxylation sites is 1. The van der Waals surface area contributed by atoms with Crippen molar-refractivity contribution in [3.05, 3.63) is 30.1 Å². The van der Waals surface area contributed by atoms with Crippen LogP contribution in [-0.4, -0.2) is 23.7 Å². The highest BCUT2D eigenvalue weighted by Gasteiger charge is 2.10. The molecule has 0 bridgehead atoms. The number of rotatable bonds is 5. The molecule has 18 heavy (non-hydrogen) atoms. The maximum absolute atomic E-state index is 13.2. The second-order valence-corrected chi connectivity index (χ2v) is 4.34. The van der Waals surface area contributed by atoms with E-state index in [0.29, 0.717) is 0 Å². The van der Waals surface area contributed by atoms with Crippen LogP contribution in [0.4, 0.5) is 10.1 Å². The molecular weight excluding hydrogens is 259 g/mol. The molecule has 1 rings (SSSR count). The van der Waals surface area contributed by atoms with Crippen LogP contribution in [0.1, 0.15) is 13.3 Å². The van der Waals surface area contributed by atoms with Crippen molar-refractivity contribution in [1.82, 2.24) is 5.32 Å². The third kappa shape index (κ3) is 4.71. The summed E-state index contributed by atoms with van der Waals surface area (Å²) in [6, 6.07) is 5.88. The van der Waals surface area contributed by atoms with Gasteiger partial charge in [-0.15, -0.1) is 11.6 Å². The Morgan fingerprint density at radius 1 is 1.39 bits per heavy atom. The number of hydrogen-bond acceptors (Lipinski definition) is 2. The molecule has 4 nitrogen and oxygen atoms in total. The summed E-state index contributed by atoms with van der Waals surface area (Å²) >= 11 is 5.53. The molecule has 0 spiro atoms. The first-order valence-electron chi connectivity index (χ1n) is 5.47. The van der Waals surface area contributed by atoms with Gasteiger partial charge in [-0.25, -0.2) is 4.39 Å². The minimum Gasteiger partial charge on any atom is -0.354 e. The predicted molar refractivity (Wildman–Crippen MR) is 68.0 cm³/mol. The first-order valence-corrected chi connectivity index (χ1v) is 5.90. The molecule has 0 radical (unpaired) electrons. The second-order valence-electron chi connectivity index (χ2n) is 3.69. The Bertz CT molecular complexity index is 438. The Hall–Kier alpha value is -1.62. The normalized spacial score (nSPS) is 11.7. The number of benzene rings is 1. The fourth-order valence-electron chi connectivity index (χ4n) is 1.22. The van der Waals surface area contributed by atoms with Crippen LogP contribution in [0.3, 0.4) is 0 Å². The van der Waals surface area contributed by atoms with E-state index in [1.165, 1.54) is 25.1 Å². The van der Waals surface area contributed by atoms with Crippen molar-refractivity contribution in [3.63, 3.8) is 0 Å². The minimum absolute atomic E-state index is 0.0592. The van der Waals surface area contributed by atoms with E-state index in [1.54, 1.807) is 6.07 Å². The van der Waals surface area contributed by atoms with Crippen molar-refractivity contribution >= 4 is 29.1 Å². The Morgan fingerprint density at radius 3 is 2.67 bits per heavy atom. The van der Waals surface area contributed by atoms with E-state index in [0.717, 1.165) is 0 Å². The lowest BCUT2D eigenvalue weighted by molar-refractivity contribution is -0.120. The van der Waals surface area contributed by atoms with Gasteiger partial charge in [-0.3, -0.25) is 9.59 Å². The Labute approximate surface area is 110 Å². The van der Waals surface area contributed by atoms with Gasteiger partial charge in [-0.1, -0.05) is 12.1 Å². The smallest absolute Gasteiger partial charge is 0.237 e. The summed E-state index contributed by atoms with van der Waals surface area (Å²) in [6.07, 6.45) is 0.0592. The third-order valence-electron chi connectivity index (χ3n) is 2.16. The number of anilines is 1. The van der Waals surface area contributed by atoms with Crippen molar-refractivity contribution in [3.8, 4) is 0 Å². The molecule has 1 unspecified atom stereocenters. The summed E-state index contributed by atoms with van der Waals surface area (Å²) in [5, 5.41) is 4.26. The van der Waals surface area contributed by atoms with Gasteiger partial charge in [0.25, 0.3) is 0 Å². The van der Waals surface area contributed by atoms with E-state index in [1.807, 2.05) is 0 Å². The second kappa shape index (κ2) is 6.96. The molecule has 98 valence electrons. The molecule has 0 fully saturated rings. The summed E-state index contributed by atoms with van der Waals surface area (Å²) < 4.78 is 13.2. The maximum atomic E-state index is 13.2. The summed E-state index contributed by atoms with van der Waals surface area (Å²) in [5.41, 5.74) is 0.125. The topological polar surface area (TPSA) is 58.2 Å². The predicted octanol–water partition coefficient (Wildman–Crippen LogP) is 1.90. The van der Waals surface area contributed by atoms with Gasteiger partial charge in [-0.05, 0) is 19.1 Å². The zero-order valence-electron chi connectivity index (χ0n) is 9.87. The lowest BCUT2D eigenvalue weighted by atomic mass is 10.3. The van der Waals surface area contributed by atoms with E-state index in [9.17, 15) is 14.0 Å². The van der Waals surface area contributed by atoms with Gasteiger partial charge >= 0.3 is 0 Å². The van der Waals surface area contributed by atoms with Crippen molar-refractivity contribution in [2.45, 2.75) is 18.7 Å². The van der Waals surface area contributed by atoms with Crippen LogP contribution >= 0.6 is 11.6 Å². The molecule has 0 heterocycles. The summed E-state index contributed by atoms with van der Waals surface area (Å²) in [5.74, 6) is -1.21. The van der Waals surface area contributed by atoms with Crippen LogP contribution in [0.15, 0.2) is 24.3 Å². The van der Waals surface area contributed by atoms with Gasteiger partial charge in [-0.2, -0.15) is 0 Å². The van der Waals surface area contributed by atoms with E-state index in [2.05, 4.69) is 10.6 Å². The summed E-state index contributed by atoms with van der Waals surface area (Å²) in [4.78, 5) is 22.6. The number of halogens is 2. The van der Waals surface area contributed by atoms with Crippen molar-refractivity contribution < 1.29 is 14.0 Å². The lowest BCUT2D eigenvalue weighted by Crippen LogP contribution is -2.32. The molecule has 0 saturated heterocycles. The molecule has 1 aromatic carbocycles. The summed E-state index contributed by atoms with van der Waals surface area (Å²) in [6.45, 7) is 1.70. The quantitative estimate of drug-likeness (QED) is 0.805. The standard InChI is InChI=1S/C12H14ClFN2O2/c1-8(13)12(18)15-7-6-11(17)16-10-5-3-2-4-9(10)14/h2-5,8H,6-7H2,1H3,(H,15,18)(H,16,17). The molecule has 1 atom stereocenters. The molecule has 0 saturated carbocycles. The molecule has 1 aromatic rings. The molecule has 0 aliphatic carbocycles. The Kier molecular flexibility index (Phi) is 5.58. The van der Waals surface area contributed by atoms with Crippen LogP contribution in [0, 0.1) is 5.82 Å². The van der Waals surface area contributed by atoms with Gasteiger partial charge in [0.2, 0.25) is 11.8 Å². The minimum atomic E-state index is -0.639. The number of carbonyl (C=O) groups is 2. The van der Waals surface area contributed by atoms with Crippen molar-refractivity contribution in [2.75, 3.05) is 11.9 Å². The fourth-order valence-corrected chi connectivity index (χ4v) is 1.29. The lowest BCUT2D eigenvalue weighted by Gasteiger charge is -2.08. The Morgan fingerprint density at radius 2 is 2.06 bits per heavy atom. The number of hydrogen-bond donors (Lipinski definition) is 2. The number of nitrogens with one attached hydrogen (secondary N) is 2.